The third-order valence-corrected chi connectivity index (χ3v) is 6.69. The lowest BCUT2D eigenvalue weighted by Crippen LogP contribution is -2.51. The van der Waals surface area contributed by atoms with Gasteiger partial charge in [-0.05, 0) is 44.1 Å². The molecule has 0 aromatic heterocycles. The molecule has 0 bridgehead atoms. The fourth-order valence-electron chi connectivity index (χ4n) is 4.81. The van der Waals surface area contributed by atoms with Crippen LogP contribution in [0.1, 0.15) is 63.4 Å². The molecule has 2 aliphatic carbocycles. The van der Waals surface area contributed by atoms with E-state index in [-0.39, 0.29) is 11.4 Å². The molecule has 4 heteroatoms. The van der Waals surface area contributed by atoms with Gasteiger partial charge in [-0.3, -0.25) is 0 Å². The average molecular weight is 357 g/mol. The maximum atomic E-state index is 12.6. The lowest BCUT2D eigenvalue weighted by molar-refractivity contribution is -0.0339. The molecule has 0 unspecified atom stereocenters. The molecule has 4 nitrogen and oxygen atoms in total. The second-order valence-corrected chi connectivity index (χ2v) is 8.39. The number of nitrogens with zero attached hydrogens (tertiary/aromatic N) is 1. The molecule has 0 radical (unpaired) electrons. The molecule has 1 aromatic carbocycles. The molecule has 1 N–H and O–H groups in total. The number of piperidine rings is 1. The van der Waals surface area contributed by atoms with E-state index in [4.69, 9.17) is 4.74 Å². The molecule has 26 heavy (non-hydrogen) atoms. The van der Waals surface area contributed by atoms with E-state index in [1.165, 1.54) is 50.5 Å². The van der Waals surface area contributed by atoms with Crippen LogP contribution < -0.4 is 5.32 Å². The molecule has 3 fully saturated rings. The van der Waals surface area contributed by atoms with Crippen molar-refractivity contribution >= 4 is 6.03 Å². The number of nitrogens with one attached hydrogen (secondary N) is 1. The van der Waals surface area contributed by atoms with E-state index < -0.39 is 0 Å². The second kappa shape index (κ2) is 7.99. The van der Waals surface area contributed by atoms with Crippen LogP contribution in [0.5, 0.6) is 0 Å². The third kappa shape index (κ3) is 3.90. The minimum Gasteiger partial charge on any atom is -0.375 e. The number of likely N-dealkylation sites (tertiary alicyclic amines) is 1. The molecule has 2 saturated carbocycles. The van der Waals surface area contributed by atoms with E-state index in [0.29, 0.717) is 12.2 Å². The number of amides is 2. The summed E-state index contributed by atoms with van der Waals surface area (Å²) in [7, 11) is 0. The highest BCUT2D eigenvalue weighted by atomic mass is 16.5. The van der Waals surface area contributed by atoms with E-state index >= 15 is 0 Å². The predicted molar refractivity (Wildman–Crippen MR) is 103 cm³/mol. The summed E-state index contributed by atoms with van der Waals surface area (Å²) in [5, 5.41) is 3.23. The zero-order chi connectivity index (χ0) is 17.8. The minimum absolute atomic E-state index is 0.103. The first-order chi connectivity index (χ1) is 12.8. The van der Waals surface area contributed by atoms with E-state index in [9.17, 15) is 4.79 Å². The van der Waals surface area contributed by atoms with Crippen molar-refractivity contribution in [2.75, 3.05) is 19.6 Å². The quantitative estimate of drug-likeness (QED) is 0.857. The number of benzene rings is 1. The summed E-state index contributed by atoms with van der Waals surface area (Å²) in [5.41, 5.74) is 1.52. The van der Waals surface area contributed by atoms with Gasteiger partial charge in [0.1, 0.15) is 0 Å². The largest absolute Gasteiger partial charge is 0.375 e. The SMILES string of the molecule is O=C(NCC1(c2ccccc2)CCC1)N1CCC(OC2CCCC2)CC1. The number of carbonyl (C=O) groups excluding carboxylic acids is 1. The van der Waals surface area contributed by atoms with Gasteiger partial charge in [0.25, 0.3) is 0 Å². The lowest BCUT2D eigenvalue weighted by Gasteiger charge is -2.43. The summed E-state index contributed by atoms with van der Waals surface area (Å²) < 4.78 is 6.22. The molecule has 1 heterocycles. The van der Waals surface area contributed by atoms with Gasteiger partial charge in [0.2, 0.25) is 0 Å². The van der Waals surface area contributed by atoms with Crippen LogP contribution in [-0.2, 0) is 10.2 Å². The summed E-state index contributed by atoms with van der Waals surface area (Å²) in [4.78, 5) is 14.6. The minimum atomic E-state index is 0.103. The van der Waals surface area contributed by atoms with Crippen LogP contribution in [0.15, 0.2) is 30.3 Å². The van der Waals surface area contributed by atoms with Crippen LogP contribution in [0, 0.1) is 0 Å². The highest BCUT2D eigenvalue weighted by Crippen LogP contribution is 2.43. The van der Waals surface area contributed by atoms with Crippen LogP contribution in [-0.4, -0.2) is 42.8 Å². The summed E-state index contributed by atoms with van der Waals surface area (Å²) >= 11 is 0. The van der Waals surface area contributed by atoms with E-state index in [1.807, 2.05) is 4.90 Å². The number of hydrogen-bond acceptors (Lipinski definition) is 2. The maximum Gasteiger partial charge on any atom is 0.317 e. The first-order valence-corrected chi connectivity index (χ1v) is 10.5. The Hall–Kier alpha value is -1.55. The Kier molecular flexibility index (Phi) is 5.49. The molecule has 0 spiro atoms. The van der Waals surface area contributed by atoms with Crippen LogP contribution >= 0.6 is 0 Å². The van der Waals surface area contributed by atoms with E-state index in [2.05, 4.69) is 35.6 Å². The van der Waals surface area contributed by atoms with Gasteiger partial charge in [-0.15, -0.1) is 0 Å². The monoisotopic (exact) mass is 356 g/mol. The van der Waals surface area contributed by atoms with Crippen molar-refractivity contribution in [3.05, 3.63) is 35.9 Å². The molecule has 0 atom stereocenters. The fourth-order valence-corrected chi connectivity index (χ4v) is 4.81. The molecular formula is C22H32N2O2. The Morgan fingerprint density at radius 2 is 1.65 bits per heavy atom. The van der Waals surface area contributed by atoms with Crippen molar-refractivity contribution in [1.29, 1.82) is 0 Å². The number of urea groups is 1. The number of rotatable bonds is 5. The Morgan fingerprint density at radius 1 is 1.00 bits per heavy atom. The Morgan fingerprint density at radius 3 is 2.27 bits per heavy atom. The standard InChI is InChI=1S/C22H32N2O2/c25-21(23-17-22(13-6-14-22)18-7-2-1-3-8-18)24-15-11-20(12-16-24)26-19-9-4-5-10-19/h1-3,7-8,19-20H,4-6,9-17H2,(H,23,25). The second-order valence-electron chi connectivity index (χ2n) is 8.39. The van der Waals surface area contributed by atoms with Gasteiger partial charge < -0.3 is 15.0 Å². The highest BCUT2D eigenvalue weighted by molar-refractivity contribution is 5.74. The van der Waals surface area contributed by atoms with Crippen LogP contribution in [0.25, 0.3) is 0 Å². The van der Waals surface area contributed by atoms with Crippen molar-refractivity contribution < 1.29 is 9.53 Å². The van der Waals surface area contributed by atoms with Gasteiger partial charge in [0.15, 0.2) is 0 Å². The normalized spacial score (nSPS) is 23.6. The van der Waals surface area contributed by atoms with Crippen LogP contribution in [0.2, 0.25) is 0 Å². The molecule has 1 aliphatic heterocycles. The van der Waals surface area contributed by atoms with Gasteiger partial charge >= 0.3 is 6.03 Å². The molecular weight excluding hydrogens is 324 g/mol. The van der Waals surface area contributed by atoms with Crippen LogP contribution in [0.4, 0.5) is 4.79 Å². The van der Waals surface area contributed by atoms with Crippen molar-refractivity contribution in [2.24, 2.45) is 0 Å². The van der Waals surface area contributed by atoms with Gasteiger partial charge in [-0.1, -0.05) is 49.6 Å². The van der Waals surface area contributed by atoms with Gasteiger partial charge in [0, 0.05) is 25.0 Å². The van der Waals surface area contributed by atoms with Crippen molar-refractivity contribution in [3.63, 3.8) is 0 Å². The third-order valence-electron chi connectivity index (χ3n) is 6.69. The summed E-state index contributed by atoms with van der Waals surface area (Å²) in [5.74, 6) is 0. The van der Waals surface area contributed by atoms with Gasteiger partial charge in [-0.2, -0.15) is 0 Å². The highest BCUT2D eigenvalue weighted by Gasteiger charge is 2.39. The molecule has 1 aromatic rings. The molecule has 142 valence electrons. The van der Waals surface area contributed by atoms with E-state index in [0.717, 1.165) is 32.5 Å². The molecule has 1 saturated heterocycles. The van der Waals surface area contributed by atoms with E-state index in [1.54, 1.807) is 0 Å². The zero-order valence-electron chi connectivity index (χ0n) is 15.8. The topological polar surface area (TPSA) is 41.6 Å². The van der Waals surface area contributed by atoms with Crippen LogP contribution in [0.3, 0.4) is 0 Å². The maximum absolute atomic E-state index is 12.6. The fraction of sp³-hybridized carbons (Fsp3) is 0.682. The number of ether oxygens (including phenoxy) is 1. The Labute approximate surface area is 157 Å². The smallest absolute Gasteiger partial charge is 0.317 e. The van der Waals surface area contributed by atoms with Gasteiger partial charge in [-0.25, -0.2) is 4.79 Å². The molecule has 3 aliphatic rings. The number of carbonyl (C=O) groups is 1. The van der Waals surface area contributed by atoms with Crippen molar-refractivity contribution in [2.45, 2.75) is 75.4 Å². The molecule has 2 amide bonds. The predicted octanol–water partition coefficient (Wildman–Crippen LogP) is 4.24. The van der Waals surface area contributed by atoms with Crippen molar-refractivity contribution in [1.82, 2.24) is 10.2 Å². The zero-order valence-corrected chi connectivity index (χ0v) is 15.8. The van der Waals surface area contributed by atoms with Gasteiger partial charge in [0.05, 0.1) is 12.2 Å². The Balaban J connectivity index is 1.24. The average Bonchev–Trinajstić information content (AvgIpc) is 3.15. The number of hydrogen-bond donors (Lipinski definition) is 1. The summed E-state index contributed by atoms with van der Waals surface area (Å²) in [6.45, 7) is 2.40. The van der Waals surface area contributed by atoms with Crippen molar-refractivity contribution in [3.8, 4) is 0 Å². The Bertz CT molecular complexity index is 585. The first kappa shape index (κ1) is 17.8. The molecule has 4 rings (SSSR count). The lowest BCUT2D eigenvalue weighted by atomic mass is 9.64. The first-order valence-electron chi connectivity index (χ1n) is 10.5. The summed E-state index contributed by atoms with van der Waals surface area (Å²) in [6, 6.07) is 10.8. The summed E-state index contributed by atoms with van der Waals surface area (Å²) in [6.07, 6.45) is 11.5.